The van der Waals surface area contributed by atoms with Crippen molar-refractivity contribution in [2.45, 2.75) is 44.2 Å². The minimum Gasteiger partial charge on any atom is -0.507 e. The van der Waals surface area contributed by atoms with Crippen molar-refractivity contribution in [3.8, 4) is 5.75 Å². The van der Waals surface area contributed by atoms with E-state index in [0.29, 0.717) is 34.4 Å². The first kappa shape index (κ1) is 27.1. The molecule has 0 unspecified atom stereocenters. The summed E-state index contributed by atoms with van der Waals surface area (Å²) in [6, 6.07) is 12.7. The van der Waals surface area contributed by atoms with E-state index in [9.17, 15) is 9.90 Å². The fourth-order valence-corrected chi connectivity index (χ4v) is 5.27. The topological polar surface area (TPSA) is 123 Å². The number of nitrogens with one attached hydrogen (secondary N) is 3. The number of aromatic hydroxyl groups is 1. The number of aromatic nitrogens is 2. The molecule has 6 N–H and O–H groups in total. The van der Waals surface area contributed by atoms with Crippen LogP contribution in [0.1, 0.15) is 47.8 Å². The lowest BCUT2D eigenvalue weighted by atomic mass is 10.0. The SMILES string of the molecule is CCc1cc(CNc2[nH]nc(Nc3ccc(N4CCN(C(C)C)CC4)cc3)c2C(N)=O)cc(CI)c1O. The molecule has 0 bridgehead atoms. The Kier molecular flexibility index (Phi) is 8.80. The van der Waals surface area contributed by atoms with Gasteiger partial charge in [-0.05, 0) is 61.7 Å². The molecule has 4 rings (SSSR count). The number of amides is 1. The number of H-pyrrole nitrogens is 1. The third-order valence-electron chi connectivity index (χ3n) is 6.87. The molecule has 3 aromatic rings. The highest BCUT2D eigenvalue weighted by molar-refractivity contribution is 14.1. The molecular formula is C27H36IN7O2. The summed E-state index contributed by atoms with van der Waals surface area (Å²) in [5.41, 5.74) is 10.8. The molecule has 0 atom stereocenters. The van der Waals surface area contributed by atoms with Crippen LogP contribution in [0.15, 0.2) is 36.4 Å². The second kappa shape index (κ2) is 12.0. The molecule has 2 heterocycles. The molecule has 0 saturated carbocycles. The summed E-state index contributed by atoms with van der Waals surface area (Å²) in [6.45, 7) is 11.1. The number of aromatic amines is 1. The lowest BCUT2D eigenvalue weighted by Gasteiger charge is -2.38. The second-order valence-corrected chi connectivity index (χ2v) is 10.3. The largest absolute Gasteiger partial charge is 0.507 e. The monoisotopic (exact) mass is 617 g/mol. The van der Waals surface area contributed by atoms with E-state index in [1.165, 1.54) is 5.69 Å². The van der Waals surface area contributed by atoms with Crippen molar-refractivity contribution in [2.24, 2.45) is 5.73 Å². The zero-order chi connectivity index (χ0) is 26.5. The number of primary amides is 1. The molecule has 1 aliphatic heterocycles. The molecule has 1 aliphatic rings. The van der Waals surface area contributed by atoms with E-state index in [-0.39, 0.29) is 5.56 Å². The second-order valence-electron chi connectivity index (χ2n) is 9.58. The molecule has 1 fully saturated rings. The number of aryl methyl sites for hydroxylation is 1. The van der Waals surface area contributed by atoms with E-state index in [1.54, 1.807) is 0 Å². The van der Waals surface area contributed by atoms with Crippen LogP contribution in [0.2, 0.25) is 0 Å². The van der Waals surface area contributed by atoms with Crippen molar-refractivity contribution in [1.29, 1.82) is 0 Å². The number of carbonyl (C=O) groups is 1. The predicted molar refractivity (Wildman–Crippen MR) is 158 cm³/mol. The van der Waals surface area contributed by atoms with E-state index < -0.39 is 5.91 Å². The third-order valence-corrected chi connectivity index (χ3v) is 7.70. The molecule has 0 radical (unpaired) electrons. The van der Waals surface area contributed by atoms with Gasteiger partial charge in [-0.1, -0.05) is 35.6 Å². The Labute approximate surface area is 231 Å². The molecule has 9 nitrogen and oxygen atoms in total. The predicted octanol–water partition coefficient (Wildman–Crippen LogP) is 4.60. The van der Waals surface area contributed by atoms with Crippen molar-refractivity contribution in [2.75, 3.05) is 41.7 Å². The number of halogens is 1. The Morgan fingerprint density at radius 2 is 1.84 bits per heavy atom. The van der Waals surface area contributed by atoms with E-state index in [1.807, 2.05) is 31.2 Å². The lowest BCUT2D eigenvalue weighted by molar-refractivity contribution is 0.100. The smallest absolute Gasteiger partial charge is 0.256 e. The van der Waals surface area contributed by atoms with E-state index in [4.69, 9.17) is 5.73 Å². The molecule has 0 spiro atoms. The Morgan fingerprint density at radius 3 is 2.43 bits per heavy atom. The van der Waals surface area contributed by atoms with Crippen LogP contribution < -0.4 is 21.3 Å². The molecule has 1 amide bonds. The number of nitrogens with zero attached hydrogens (tertiary/aromatic N) is 3. The van der Waals surface area contributed by atoms with Crippen LogP contribution in [-0.4, -0.2) is 58.3 Å². The van der Waals surface area contributed by atoms with Crippen LogP contribution in [-0.2, 0) is 17.4 Å². The number of phenolic OH excluding ortho intramolecular Hbond substituents is 1. The van der Waals surface area contributed by atoms with Crippen LogP contribution in [0.5, 0.6) is 5.75 Å². The van der Waals surface area contributed by atoms with Gasteiger partial charge in [0.2, 0.25) is 0 Å². The van der Waals surface area contributed by atoms with Gasteiger partial charge < -0.3 is 26.4 Å². The summed E-state index contributed by atoms with van der Waals surface area (Å²) in [6.07, 6.45) is 0.737. The number of carbonyl (C=O) groups excluding carboxylic acids is 1. The zero-order valence-electron chi connectivity index (χ0n) is 21.6. The van der Waals surface area contributed by atoms with Gasteiger partial charge in [0, 0.05) is 60.1 Å². The first-order valence-corrected chi connectivity index (χ1v) is 14.2. The Morgan fingerprint density at radius 1 is 1.16 bits per heavy atom. The number of rotatable bonds is 10. The number of hydrogen-bond donors (Lipinski definition) is 5. The number of benzene rings is 2. The van der Waals surface area contributed by atoms with Gasteiger partial charge >= 0.3 is 0 Å². The number of piperazine rings is 1. The van der Waals surface area contributed by atoms with Gasteiger partial charge in [-0.3, -0.25) is 14.8 Å². The summed E-state index contributed by atoms with van der Waals surface area (Å²) in [5.74, 6) is 0.611. The van der Waals surface area contributed by atoms with Crippen LogP contribution in [0.4, 0.5) is 23.0 Å². The van der Waals surface area contributed by atoms with Gasteiger partial charge in [0.15, 0.2) is 5.82 Å². The maximum absolute atomic E-state index is 12.3. The van der Waals surface area contributed by atoms with Crippen molar-refractivity contribution in [3.63, 3.8) is 0 Å². The first-order chi connectivity index (χ1) is 17.8. The van der Waals surface area contributed by atoms with Crippen LogP contribution in [0.25, 0.3) is 0 Å². The van der Waals surface area contributed by atoms with Gasteiger partial charge in [0.05, 0.1) is 0 Å². The van der Waals surface area contributed by atoms with Crippen molar-refractivity contribution >= 4 is 51.5 Å². The summed E-state index contributed by atoms with van der Waals surface area (Å²) in [4.78, 5) is 17.2. The fraction of sp³-hybridized carbons (Fsp3) is 0.407. The van der Waals surface area contributed by atoms with Gasteiger partial charge in [-0.25, -0.2) is 0 Å². The fourth-order valence-electron chi connectivity index (χ4n) is 4.69. The van der Waals surface area contributed by atoms with Crippen LogP contribution in [0, 0.1) is 0 Å². The Balaban J connectivity index is 1.44. The van der Waals surface area contributed by atoms with Crippen molar-refractivity contribution in [1.82, 2.24) is 15.1 Å². The van der Waals surface area contributed by atoms with Crippen LogP contribution >= 0.6 is 22.6 Å². The summed E-state index contributed by atoms with van der Waals surface area (Å²) in [7, 11) is 0. The van der Waals surface area contributed by atoms with Gasteiger partial charge in [0.1, 0.15) is 17.1 Å². The number of anilines is 4. The number of phenols is 1. The first-order valence-electron chi connectivity index (χ1n) is 12.7. The highest BCUT2D eigenvalue weighted by Crippen LogP contribution is 2.29. The highest BCUT2D eigenvalue weighted by Gasteiger charge is 2.21. The van der Waals surface area contributed by atoms with E-state index in [0.717, 1.165) is 55.0 Å². The summed E-state index contributed by atoms with van der Waals surface area (Å²) < 4.78 is 0.710. The normalized spacial score (nSPS) is 14.2. The van der Waals surface area contributed by atoms with E-state index in [2.05, 4.69) is 79.2 Å². The molecule has 37 heavy (non-hydrogen) atoms. The summed E-state index contributed by atoms with van der Waals surface area (Å²) >= 11 is 2.24. The minimum absolute atomic E-state index is 0.275. The highest BCUT2D eigenvalue weighted by atomic mass is 127. The summed E-state index contributed by atoms with van der Waals surface area (Å²) in [5, 5.41) is 24.0. The van der Waals surface area contributed by atoms with Gasteiger partial charge in [-0.15, -0.1) is 0 Å². The quantitative estimate of drug-likeness (QED) is 0.167. The molecule has 198 valence electrons. The number of nitrogens with two attached hydrogens (primary N) is 1. The van der Waals surface area contributed by atoms with Gasteiger partial charge in [0.25, 0.3) is 5.91 Å². The van der Waals surface area contributed by atoms with Crippen LogP contribution in [0.3, 0.4) is 0 Å². The molecule has 2 aromatic carbocycles. The number of hydrogen-bond acceptors (Lipinski definition) is 7. The van der Waals surface area contributed by atoms with Crippen molar-refractivity contribution in [3.05, 3.63) is 58.7 Å². The Hall–Kier alpha value is -2.99. The average Bonchev–Trinajstić information content (AvgIpc) is 3.31. The van der Waals surface area contributed by atoms with Gasteiger partial charge in [-0.2, -0.15) is 5.10 Å². The average molecular weight is 618 g/mol. The van der Waals surface area contributed by atoms with Crippen molar-refractivity contribution < 1.29 is 9.90 Å². The lowest BCUT2D eigenvalue weighted by Crippen LogP contribution is -2.48. The minimum atomic E-state index is -0.578. The Bertz CT molecular complexity index is 1190. The molecular weight excluding hydrogens is 581 g/mol. The third kappa shape index (κ3) is 6.30. The molecule has 10 heteroatoms. The molecule has 1 saturated heterocycles. The standard InChI is InChI=1S/C27H36IN7O2/c1-4-19-13-18(14-20(15-28)24(19)36)16-30-26-23(25(29)37)27(33-32-26)31-21-5-7-22(8-6-21)35-11-9-34(10-12-35)17(2)3/h5-8,13-14,17,36H,4,9-12,15-16H2,1-3H3,(H2,29,37)(H3,30,31,32,33). The maximum atomic E-state index is 12.3. The molecule has 0 aliphatic carbocycles. The van der Waals surface area contributed by atoms with E-state index >= 15 is 0 Å². The maximum Gasteiger partial charge on any atom is 0.256 e. The molecule has 1 aromatic heterocycles. The zero-order valence-corrected chi connectivity index (χ0v) is 23.8. The number of alkyl halides is 1.